The summed E-state index contributed by atoms with van der Waals surface area (Å²) in [5.74, 6) is 0.839. The summed E-state index contributed by atoms with van der Waals surface area (Å²) in [6.07, 6.45) is 2.01. The van der Waals surface area contributed by atoms with E-state index in [1.54, 1.807) is 11.3 Å². The van der Waals surface area contributed by atoms with Crippen molar-refractivity contribution in [2.45, 2.75) is 26.5 Å². The van der Waals surface area contributed by atoms with Crippen LogP contribution in [0.15, 0.2) is 29.9 Å². The fourth-order valence-electron chi connectivity index (χ4n) is 2.14. The van der Waals surface area contributed by atoms with E-state index in [4.69, 9.17) is 17.0 Å². The molecular weight excluding hydrogens is 290 g/mol. The van der Waals surface area contributed by atoms with E-state index in [0.717, 1.165) is 23.3 Å². The first-order chi connectivity index (χ1) is 9.65. The Kier molecular flexibility index (Phi) is 3.58. The topological polar surface area (TPSA) is 42.8 Å². The molecule has 2 heterocycles. The third kappa shape index (κ3) is 2.48. The van der Waals surface area contributed by atoms with Crippen molar-refractivity contribution in [2.24, 2.45) is 0 Å². The molecule has 2 aromatic heterocycles. The van der Waals surface area contributed by atoms with Crippen LogP contribution in [0.2, 0.25) is 0 Å². The van der Waals surface area contributed by atoms with Gasteiger partial charge in [0.2, 0.25) is 0 Å². The number of H-pyrrole nitrogens is 1. The van der Waals surface area contributed by atoms with Crippen LogP contribution in [0.5, 0.6) is 5.75 Å². The van der Waals surface area contributed by atoms with E-state index < -0.39 is 0 Å². The number of thiazole rings is 1. The summed E-state index contributed by atoms with van der Waals surface area (Å²) in [7, 11) is 0. The second kappa shape index (κ2) is 5.38. The zero-order chi connectivity index (χ0) is 14.1. The maximum atomic E-state index is 5.83. The molecule has 1 aromatic carbocycles. The summed E-state index contributed by atoms with van der Waals surface area (Å²) >= 11 is 7.07. The maximum absolute atomic E-state index is 5.83. The molecule has 3 aromatic rings. The maximum Gasteiger partial charge on any atom is 0.178 e. The Morgan fingerprint density at radius 2 is 2.30 bits per heavy atom. The molecule has 20 heavy (non-hydrogen) atoms. The monoisotopic (exact) mass is 305 g/mol. The molecule has 0 saturated heterocycles. The van der Waals surface area contributed by atoms with Gasteiger partial charge in [0.25, 0.3) is 0 Å². The van der Waals surface area contributed by atoms with Crippen molar-refractivity contribution in [3.63, 3.8) is 0 Å². The van der Waals surface area contributed by atoms with Gasteiger partial charge in [-0.3, -0.25) is 4.98 Å². The van der Waals surface area contributed by atoms with Crippen molar-refractivity contribution in [3.05, 3.63) is 39.6 Å². The zero-order valence-corrected chi connectivity index (χ0v) is 12.9. The van der Waals surface area contributed by atoms with E-state index in [-0.39, 0.29) is 6.10 Å². The number of aromatic nitrogens is 3. The second-order valence-corrected chi connectivity index (χ2v) is 6.16. The highest BCUT2D eigenvalue weighted by atomic mass is 32.1. The number of ether oxygens (including phenoxy) is 1. The Morgan fingerprint density at radius 1 is 1.45 bits per heavy atom. The number of aromatic amines is 1. The van der Waals surface area contributed by atoms with E-state index in [9.17, 15) is 0 Å². The number of hydrogen-bond donors (Lipinski definition) is 1. The number of fused-ring (bicyclic) bond motifs is 1. The van der Waals surface area contributed by atoms with Gasteiger partial charge in [0, 0.05) is 11.1 Å². The van der Waals surface area contributed by atoms with Crippen LogP contribution in [0.4, 0.5) is 0 Å². The minimum atomic E-state index is 0.132. The standard InChI is InChI=1S/C14H15N3OS2/c1-9(2)18-12-5-3-4-11-13(12)16-14(19)17(11)7-10-6-15-8-20-10/h3-6,8-9H,7H2,1-2H3,(H,16,19). The van der Waals surface area contributed by atoms with Gasteiger partial charge in [0.05, 0.1) is 23.7 Å². The molecule has 104 valence electrons. The highest BCUT2D eigenvalue weighted by molar-refractivity contribution is 7.71. The number of para-hydroxylation sites is 1. The van der Waals surface area contributed by atoms with Crippen LogP contribution in [0, 0.1) is 4.77 Å². The fourth-order valence-corrected chi connectivity index (χ4v) is 2.99. The summed E-state index contributed by atoms with van der Waals surface area (Å²) in [5.41, 5.74) is 3.85. The van der Waals surface area contributed by atoms with Crippen molar-refractivity contribution in [3.8, 4) is 5.75 Å². The van der Waals surface area contributed by atoms with E-state index in [1.165, 1.54) is 4.88 Å². The smallest absolute Gasteiger partial charge is 0.178 e. The summed E-state index contributed by atoms with van der Waals surface area (Å²) in [4.78, 5) is 8.53. The summed E-state index contributed by atoms with van der Waals surface area (Å²) in [6.45, 7) is 4.76. The molecule has 0 bridgehead atoms. The van der Waals surface area contributed by atoms with Gasteiger partial charge in [0.1, 0.15) is 11.3 Å². The van der Waals surface area contributed by atoms with Crippen LogP contribution in [0.3, 0.4) is 0 Å². The average Bonchev–Trinajstić information content (AvgIpc) is 3.00. The summed E-state index contributed by atoms with van der Waals surface area (Å²) in [5, 5.41) is 0. The third-order valence-electron chi connectivity index (χ3n) is 2.93. The SMILES string of the molecule is CC(C)Oc1cccc2c1[nH]c(=S)n2Cc1cncs1. The van der Waals surface area contributed by atoms with Crippen molar-refractivity contribution in [2.75, 3.05) is 0 Å². The minimum absolute atomic E-state index is 0.132. The Bertz CT molecular complexity index is 771. The Labute approximate surface area is 126 Å². The van der Waals surface area contributed by atoms with Crippen LogP contribution < -0.4 is 4.74 Å². The lowest BCUT2D eigenvalue weighted by Crippen LogP contribution is -2.05. The first kappa shape index (κ1) is 13.3. The summed E-state index contributed by atoms with van der Waals surface area (Å²) < 4.78 is 8.61. The molecule has 0 saturated carbocycles. The molecule has 1 N–H and O–H groups in total. The van der Waals surface area contributed by atoms with Gasteiger partial charge in [-0.05, 0) is 38.2 Å². The third-order valence-corrected chi connectivity index (χ3v) is 4.02. The first-order valence-corrected chi connectivity index (χ1v) is 7.69. The zero-order valence-electron chi connectivity index (χ0n) is 11.3. The van der Waals surface area contributed by atoms with Crippen molar-refractivity contribution < 1.29 is 4.74 Å². The van der Waals surface area contributed by atoms with Crippen molar-refractivity contribution in [1.82, 2.24) is 14.5 Å². The number of nitrogens with one attached hydrogen (secondary N) is 1. The molecular formula is C14H15N3OS2. The fraction of sp³-hybridized carbons (Fsp3) is 0.286. The van der Waals surface area contributed by atoms with Crippen LogP contribution in [-0.4, -0.2) is 20.6 Å². The number of nitrogens with zero attached hydrogens (tertiary/aromatic N) is 2. The van der Waals surface area contributed by atoms with Crippen molar-refractivity contribution >= 4 is 34.6 Å². The number of imidazole rings is 1. The highest BCUT2D eigenvalue weighted by Gasteiger charge is 2.11. The predicted molar refractivity (Wildman–Crippen MR) is 84.1 cm³/mol. The van der Waals surface area contributed by atoms with Gasteiger partial charge < -0.3 is 14.3 Å². The first-order valence-electron chi connectivity index (χ1n) is 6.40. The number of rotatable bonds is 4. The van der Waals surface area contributed by atoms with Crippen LogP contribution in [0.1, 0.15) is 18.7 Å². The van der Waals surface area contributed by atoms with E-state index in [2.05, 4.69) is 20.6 Å². The molecule has 0 aliphatic carbocycles. The van der Waals surface area contributed by atoms with E-state index in [1.807, 2.05) is 37.7 Å². The lowest BCUT2D eigenvalue weighted by atomic mass is 10.3. The average molecular weight is 305 g/mol. The Balaban J connectivity index is 2.09. The molecule has 0 spiro atoms. The van der Waals surface area contributed by atoms with Gasteiger partial charge in [-0.2, -0.15) is 0 Å². The van der Waals surface area contributed by atoms with Crippen molar-refractivity contribution in [1.29, 1.82) is 0 Å². The lowest BCUT2D eigenvalue weighted by Gasteiger charge is -2.10. The molecule has 0 aliphatic heterocycles. The number of hydrogen-bond acceptors (Lipinski definition) is 4. The van der Waals surface area contributed by atoms with Crippen LogP contribution >= 0.6 is 23.6 Å². The molecule has 0 amide bonds. The normalized spacial score (nSPS) is 11.3. The predicted octanol–water partition coefficient (Wildman–Crippen LogP) is 3.99. The minimum Gasteiger partial charge on any atom is -0.489 e. The quantitative estimate of drug-likeness (QED) is 0.741. The molecule has 0 fully saturated rings. The summed E-state index contributed by atoms with van der Waals surface area (Å²) in [6, 6.07) is 6.01. The lowest BCUT2D eigenvalue weighted by molar-refractivity contribution is 0.245. The molecule has 0 radical (unpaired) electrons. The van der Waals surface area contributed by atoms with E-state index in [0.29, 0.717) is 4.77 Å². The van der Waals surface area contributed by atoms with Crippen LogP contribution in [-0.2, 0) is 6.54 Å². The largest absolute Gasteiger partial charge is 0.489 e. The Morgan fingerprint density at radius 3 is 3.00 bits per heavy atom. The molecule has 6 heteroatoms. The number of benzene rings is 1. The van der Waals surface area contributed by atoms with Gasteiger partial charge >= 0.3 is 0 Å². The second-order valence-electron chi connectivity index (χ2n) is 4.80. The van der Waals surface area contributed by atoms with Gasteiger partial charge in [0.15, 0.2) is 4.77 Å². The van der Waals surface area contributed by atoms with Gasteiger partial charge in [-0.25, -0.2) is 0 Å². The van der Waals surface area contributed by atoms with Gasteiger partial charge in [-0.15, -0.1) is 11.3 Å². The molecule has 4 nitrogen and oxygen atoms in total. The molecule has 0 unspecified atom stereocenters. The molecule has 3 rings (SSSR count). The molecule has 0 atom stereocenters. The van der Waals surface area contributed by atoms with Gasteiger partial charge in [-0.1, -0.05) is 6.07 Å². The highest BCUT2D eigenvalue weighted by Crippen LogP contribution is 2.26. The van der Waals surface area contributed by atoms with Crippen LogP contribution in [0.25, 0.3) is 11.0 Å². The Hall–Kier alpha value is -1.66. The molecule has 0 aliphatic rings. The van der Waals surface area contributed by atoms with E-state index >= 15 is 0 Å².